The molecule has 0 radical (unpaired) electrons. The van der Waals surface area contributed by atoms with Crippen LogP contribution in [0.2, 0.25) is 0 Å². The topological polar surface area (TPSA) is 67.1 Å². The standard InChI is InChI=1S/C20H22BrN5O/c1-14-12-16(2-3-18(14)21)26-20(15-4-8-22-9-5-15)19(23-24-26)13-25-10-6-17(27)7-11-25/h2-5,8-9,12,17,27H,6-7,10-11,13H2,1H3. The molecule has 27 heavy (non-hydrogen) atoms. The number of benzene rings is 1. The van der Waals surface area contributed by atoms with E-state index in [9.17, 15) is 5.11 Å². The van der Waals surface area contributed by atoms with Gasteiger partial charge in [0.25, 0.3) is 0 Å². The summed E-state index contributed by atoms with van der Waals surface area (Å²) in [6, 6.07) is 10.2. The van der Waals surface area contributed by atoms with Crippen LogP contribution in [-0.4, -0.2) is 49.2 Å². The number of rotatable bonds is 4. The molecule has 1 aromatic carbocycles. The summed E-state index contributed by atoms with van der Waals surface area (Å²) in [6.45, 7) is 4.54. The molecule has 0 spiro atoms. The van der Waals surface area contributed by atoms with Gasteiger partial charge in [-0.3, -0.25) is 9.88 Å². The Balaban J connectivity index is 1.73. The molecule has 1 aliphatic heterocycles. The molecule has 0 bridgehead atoms. The molecule has 4 rings (SSSR count). The summed E-state index contributed by atoms with van der Waals surface area (Å²) in [4.78, 5) is 6.47. The van der Waals surface area contributed by atoms with Crippen LogP contribution in [0.1, 0.15) is 24.1 Å². The SMILES string of the molecule is Cc1cc(-n2nnc(CN3CCC(O)CC3)c2-c2ccncc2)ccc1Br. The molecule has 1 saturated heterocycles. The van der Waals surface area contributed by atoms with E-state index in [2.05, 4.69) is 49.1 Å². The van der Waals surface area contributed by atoms with Gasteiger partial charge in [0, 0.05) is 42.1 Å². The lowest BCUT2D eigenvalue weighted by Gasteiger charge is -2.28. The van der Waals surface area contributed by atoms with Crippen LogP contribution in [0.25, 0.3) is 16.9 Å². The second-order valence-corrected chi connectivity index (χ2v) is 7.83. The third-order valence-electron chi connectivity index (χ3n) is 5.01. The van der Waals surface area contributed by atoms with Gasteiger partial charge in [-0.05, 0) is 55.7 Å². The summed E-state index contributed by atoms with van der Waals surface area (Å²) in [5, 5.41) is 18.7. The average molecular weight is 428 g/mol. The first-order valence-corrected chi connectivity index (χ1v) is 9.93. The minimum Gasteiger partial charge on any atom is -0.393 e. The fourth-order valence-electron chi connectivity index (χ4n) is 3.45. The molecule has 1 aliphatic rings. The molecule has 140 valence electrons. The second kappa shape index (κ2) is 7.88. The van der Waals surface area contributed by atoms with Gasteiger partial charge in [0.2, 0.25) is 0 Å². The fourth-order valence-corrected chi connectivity index (χ4v) is 3.70. The lowest BCUT2D eigenvalue weighted by Crippen LogP contribution is -2.35. The quantitative estimate of drug-likeness (QED) is 0.691. The molecule has 1 N–H and O–H groups in total. The summed E-state index contributed by atoms with van der Waals surface area (Å²) in [7, 11) is 0. The molecular formula is C20H22BrN5O. The molecule has 6 nitrogen and oxygen atoms in total. The van der Waals surface area contributed by atoms with Gasteiger partial charge in [0.1, 0.15) is 5.69 Å². The zero-order chi connectivity index (χ0) is 18.8. The Kier molecular flexibility index (Phi) is 5.33. The first kappa shape index (κ1) is 18.3. The molecule has 0 unspecified atom stereocenters. The van der Waals surface area contributed by atoms with Crippen LogP contribution in [0.5, 0.6) is 0 Å². The number of aryl methyl sites for hydroxylation is 1. The van der Waals surface area contributed by atoms with E-state index in [1.54, 1.807) is 12.4 Å². The van der Waals surface area contributed by atoms with Crippen LogP contribution < -0.4 is 0 Å². The first-order valence-electron chi connectivity index (χ1n) is 9.14. The third kappa shape index (κ3) is 3.95. The number of likely N-dealkylation sites (tertiary alicyclic amines) is 1. The first-order chi connectivity index (χ1) is 13.1. The summed E-state index contributed by atoms with van der Waals surface area (Å²) in [5.74, 6) is 0. The highest BCUT2D eigenvalue weighted by Crippen LogP contribution is 2.28. The van der Waals surface area contributed by atoms with Crippen molar-refractivity contribution in [1.82, 2.24) is 24.9 Å². The van der Waals surface area contributed by atoms with Crippen molar-refractivity contribution in [1.29, 1.82) is 0 Å². The van der Waals surface area contributed by atoms with E-state index in [1.165, 1.54) is 0 Å². The lowest BCUT2D eigenvalue weighted by molar-refractivity contribution is 0.0787. The predicted molar refractivity (Wildman–Crippen MR) is 108 cm³/mol. The average Bonchev–Trinajstić information content (AvgIpc) is 3.10. The summed E-state index contributed by atoms with van der Waals surface area (Å²) in [6.07, 6.45) is 5.03. The Morgan fingerprint density at radius 1 is 1.15 bits per heavy atom. The summed E-state index contributed by atoms with van der Waals surface area (Å²) in [5.41, 5.74) is 5.11. The number of hydrogen-bond donors (Lipinski definition) is 1. The van der Waals surface area contributed by atoms with Crippen molar-refractivity contribution in [2.24, 2.45) is 0 Å². The van der Waals surface area contributed by atoms with E-state index in [0.29, 0.717) is 0 Å². The Morgan fingerprint density at radius 3 is 2.59 bits per heavy atom. The number of pyridine rings is 1. The van der Waals surface area contributed by atoms with Gasteiger partial charge < -0.3 is 5.11 Å². The van der Waals surface area contributed by atoms with Gasteiger partial charge in [-0.15, -0.1) is 5.10 Å². The number of halogens is 1. The van der Waals surface area contributed by atoms with Crippen molar-refractivity contribution in [2.45, 2.75) is 32.4 Å². The third-order valence-corrected chi connectivity index (χ3v) is 5.90. The number of aliphatic hydroxyl groups is 1. The largest absolute Gasteiger partial charge is 0.393 e. The lowest BCUT2D eigenvalue weighted by atomic mass is 10.1. The molecule has 0 atom stereocenters. The molecule has 7 heteroatoms. The Hall–Kier alpha value is -2.09. The maximum absolute atomic E-state index is 9.76. The van der Waals surface area contributed by atoms with E-state index in [1.807, 2.05) is 28.9 Å². The molecule has 0 aliphatic carbocycles. The van der Waals surface area contributed by atoms with Crippen molar-refractivity contribution in [3.63, 3.8) is 0 Å². The highest BCUT2D eigenvalue weighted by molar-refractivity contribution is 9.10. The van der Waals surface area contributed by atoms with Crippen LogP contribution >= 0.6 is 15.9 Å². The molecule has 2 aromatic heterocycles. The Morgan fingerprint density at radius 2 is 1.89 bits per heavy atom. The van der Waals surface area contributed by atoms with Crippen molar-refractivity contribution in [3.05, 3.63) is 58.5 Å². The van der Waals surface area contributed by atoms with Crippen LogP contribution in [0, 0.1) is 6.92 Å². The number of hydrogen-bond acceptors (Lipinski definition) is 5. The fraction of sp³-hybridized carbons (Fsp3) is 0.350. The van der Waals surface area contributed by atoms with E-state index in [-0.39, 0.29) is 6.10 Å². The number of aromatic nitrogens is 4. The van der Waals surface area contributed by atoms with Crippen molar-refractivity contribution in [3.8, 4) is 16.9 Å². The molecule has 0 amide bonds. The smallest absolute Gasteiger partial charge is 0.105 e. The number of piperidine rings is 1. The highest BCUT2D eigenvalue weighted by Gasteiger charge is 2.22. The van der Waals surface area contributed by atoms with E-state index < -0.39 is 0 Å². The summed E-state index contributed by atoms with van der Waals surface area (Å²) < 4.78 is 2.98. The van der Waals surface area contributed by atoms with Gasteiger partial charge in [-0.2, -0.15) is 0 Å². The monoisotopic (exact) mass is 427 g/mol. The van der Waals surface area contributed by atoms with Crippen molar-refractivity contribution in [2.75, 3.05) is 13.1 Å². The molecular weight excluding hydrogens is 406 g/mol. The Bertz CT molecular complexity index is 919. The van der Waals surface area contributed by atoms with E-state index >= 15 is 0 Å². The van der Waals surface area contributed by atoms with Crippen LogP contribution in [-0.2, 0) is 6.54 Å². The van der Waals surface area contributed by atoms with Crippen LogP contribution in [0.4, 0.5) is 0 Å². The zero-order valence-corrected chi connectivity index (χ0v) is 16.8. The molecule has 3 heterocycles. The van der Waals surface area contributed by atoms with Crippen LogP contribution in [0.15, 0.2) is 47.2 Å². The molecule has 1 fully saturated rings. The molecule has 3 aromatic rings. The minimum absolute atomic E-state index is 0.178. The number of aliphatic hydroxyl groups excluding tert-OH is 1. The normalized spacial score (nSPS) is 16.0. The van der Waals surface area contributed by atoms with E-state index in [4.69, 9.17) is 0 Å². The van der Waals surface area contributed by atoms with Crippen molar-refractivity contribution >= 4 is 15.9 Å². The molecule has 0 saturated carbocycles. The van der Waals surface area contributed by atoms with Gasteiger partial charge in [0.05, 0.1) is 17.5 Å². The Labute approximate surface area is 167 Å². The highest BCUT2D eigenvalue weighted by atomic mass is 79.9. The van der Waals surface area contributed by atoms with E-state index in [0.717, 1.165) is 65.2 Å². The van der Waals surface area contributed by atoms with Crippen molar-refractivity contribution < 1.29 is 5.11 Å². The maximum atomic E-state index is 9.76. The van der Waals surface area contributed by atoms with Gasteiger partial charge in [-0.25, -0.2) is 4.68 Å². The van der Waals surface area contributed by atoms with Gasteiger partial charge in [0.15, 0.2) is 0 Å². The van der Waals surface area contributed by atoms with Gasteiger partial charge >= 0.3 is 0 Å². The second-order valence-electron chi connectivity index (χ2n) is 6.97. The minimum atomic E-state index is -0.178. The van der Waals surface area contributed by atoms with Crippen LogP contribution in [0.3, 0.4) is 0 Å². The van der Waals surface area contributed by atoms with Gasteiger partial charge in [-0.1, -0.05) is 21.1 Å². The summed E-state index contributed by atoms with van der Waals surface area (Å²) >= 11 is 3.56. The number of nitrogens with zero attached hydrogens (tertiary/aromatic N) is 5. The predicted octanol–water partition coefficient (Wildman–Crippen LogP) is 3.36. The zero-order valence-electron chi connectivity index (χ0n) is 15.2. The maximum Gasteiger partial charge on any atom is 0.105 e.